The number of methoxy groups -OCH3 is 1. The summed E-state index contributed by atoms with van der Waals surface area (Å²) in [5, 5.41) is 0. The highest BCUT2D eigenvalue weighted by molar-refractivity contribution is 5.20. The zero-order chi connectivity index (χ0) is 7.44. The molecule has 0 aromatic carbocycles. The fraction of sp³-hybridized carbons (Fsp3) is 0.429. The van der Waals surface area contributed by atoms with Gasteiger partial charge in [-0.05, 0) is 19.4 Å². The van der Waals surface area contributed by atoms with E-state index in [0.717, 1.165) is 5.57 Å². The van der Waals surface area contributed by atoms with Crippen molar-refractivity contribution in [1.82, 2.24) is 0 Å². The molecule has 0 fully saturated rings. The van der Waals surface area contributed by atoms with Gasteiger partial charge < -0.3 is 4.74 Å². The molecule has 0 spiro atoms. The molecule has 0 saturated heterocycles. The molecule has 0 heterocycles. The first-order valence-corrected chi connectivity index (χ1v) is 2.65. The van der Waals surface area contributed by atoms with Gasteiger partial charge in [0.25, 0.3) is 0 Å². The van der Waals surface area contributed by atoms with Crippen LogP contribution in [0, 0.1) is 0 Å². The van der Waals surface area contributed by atoms with Gasteiger partial charge in [-0.1, -0.05) is 6.58 Å². The highest BCUT2D eigenvalue weighted by Gasteiger charge is 2.01. The molecule has 0 aromatic rings. The van der Waals surface area contributed by atoms with Crippen LogP contribution < -0.4 is 0 Å². The molecule has 52 valence electrons. The van der Waals surface area contributed by atoms with E-state index in [1.54, 1.807) is 13.8 Å². The van der Waals surface area contributed by atoms with Crippen LogP contribution in [0.3, 0.4) is 0 Å². The summed E-state index contributed by atoms with van der Waals surface area (Å²) in [6.07, 6.45) is 0. The number of allylic oxidation sites excluding steroid dienone is 2. The van der Waals surface area contributed by atoms with Crippen LogP contribution in [0.25, 0.3) is 0 Å². The van der Waals surface area contributed by atoms with E-state index in [4.69, 9.17) is 0 Å². The highest BCUT2D eigenvalue weighted by Crippen LogP contribution is 2.13. The van der Waals surface area contributed by atoms with Crippen LogP contribution in [0.1, 0.15) is 13.8 Å². The van der Waals surface area contributed by atoms with Crippen LogP contribution in [-0.2, 0) is 4.74 Å². The van der Waals surface area contributed by atoms with Crippen molar-refractivity contribution in [2.45, 2.75) is 13.8 Å². The molecular formula is C7H11FO. The molecule has 0 amide bonds. The zero-order valence-corrected chi connectivity index (χ0v) is 5.99. The van der Waals surface area contributed by atoms with Crippen molar-refractivity contribution in [3.63, 3.8) is 0 Å². The van der Waals surface area contributed by atoms with Gasteiger partial charge in [0.2, 0.25) is 0 Å². The average Bonchev–Trinajstić information content (AvgIpc) is 1.64. The van der Waals surface area contributed by atoms with Crippen molar-refractivity contribution >= 4 is 0 Å². The van der Waals surface area contributed by atoms with Gasteiger partial charge in [-0.25, -0.2) is 4.39 Å². The van der Waals surface area contributed by atoms with Crippen LogP contribution >= 0.6 is 0 Å². The van der Waals surface area contributed by atoms with E-state index in [1.165, 1.54) is 7.11 Å². The Kier molecular flexibility index (Phi) is 2.99. The van der Waals surface area contributed by atoms with Crippen LogP contribution in [0.15, 0.2) is 23.7 Å². The van der Waals surface area contributed by atoms with Crippen LogP contribution in [-0.4, -0.2) is 7.11 Å². The minimum Gasteiger partial charge on any atom is -0.494 e. The van der Waals surface area contributed by atoms with E-state index in [1.807, 2.05) is 0 Å². The largest absolute Gasteiger partial charge is 0.494 e. The van der Waals surface area contributed by atoms with Gasteiger partial charge in [-0.2, -0.15) is 0 Å². The second-order valence-corrected chi connectivity index (χ2v) is 1.94. The first kappa shape index (κ1) is 8.21. The van der Waals surface area contributed by atoms with Crippen molar-refractivity contribution in [3.05, 3.63) is 23.7 Å². The summed E-state index contributed by atoms with van der Waals surface area (Å²) in [7, 11) is 1.42. The zero-order valence-electron chi connectivity index (χ0n) is 5.99. The summed E-state index contributed by atoms with van der Waals surface area (Å²) in [6, 6.07) is 0. The molecule has 0 rings (SSSR count). The van der Waals surface area contributed by atoms with Crippen LogP contribution in [0.2, 0.25) is 0 Å². The molecule has 0 radical (unpaired) electrons. The standard InChI is InChI=1S/C7H11FO/c1-5(2)7(9-4)6(3)8/h3H2,1-2,4H3. The lowest BCUT2D eigenvalue weighted by Gasteiger charge is -2.02. The first-order chi connectivity index (χ1) is 4.09. The van der Waals surface area contributed by atoms with E-state index < -0.39 is 5.83 Å². The van der Waals surface area contributed by atoms with Gasteiger partial charge in [0.1, 0.15) is 0 Å². The third-order valence-corrected chi connectivity index (χ3v) is 0.905. The van der Waals surface area contributed by atoms with E-state index >= 15 is 0 Å². The second kappa shape index (κ2) is 3.28. The molecule has 0 saturated carbocycles. The molecule has 0 unspecified atom stereocenters. The van der Waals surface area contributed by atoms with Crippen molar-refractivity contribution in [1.29, 1.82) is 0 Å². The third-order valence-electron chi connectivity index (χ3n) is 0.905. The maximum Gasteiger partial charge on any atom is 0.157 e. The lowest BCUT2D eigenvalue weighted by molar-refractivity contribution is 0.279. The molecule has 2 heteroatoms. The Bertz CT molecular complexity index is 143. The lowest BCUT2D eigenvalue weighted by atomic mass is 10.3. The predicted molar refractivity (Wildman–Crippen MR) is 35.6 cm³/mol. The predicted octanol–water partition coefficient (Wildman–Crippen LogP) is 2.41. The Morgan fingerprint density at radius 2 is 1.89 bits per heavy atom. The van der Waals surface area contributed by atoms with Gasteiger partial charge in [-0.3, -0.25) is 0 Å². The summed E-state index contributed by atoms with van der Waals surface area (Å²) in [5.74, 6) is -0.271. The summed E-state index contributed by atoms with van der Waals surface area (Å²) in [6.45, 7) is 6.63. The molecule has 0 aliphatic rings. The van der Waals surface area contributed by atoms with Crippen molar-refractivity contribution < 1.29 is 9.13 Å². The topological polar surface area (TPSA) is 9.23 Å². The van der Waals surface area contributed by atoms with Gasteiger partial charge in [0.15, 0.2) is 11.6 Å². The Labute approximate surface area is 54.8 Å². The molecule has 0 aliphatic heterocycles. The summed E-state index contributed by atoms with van der Waals surface area (Å²) >= 11 is 0. The maximum absolute atomic E-state index is 12.2. The number of rotatable bonds is 2. The van der Waals surface area contributed by atoms with Gasteiger partial charge in [0.05, 0.1) is 7.11 Å². The van der Waals surface area contributed by atoms with E-state index in [0.29, 0.717) is 0 Å². The normalized spacial score (nSPS) is 8.44. The van der Waals surface area contributed by atoms with Crippen molar-refractivity contribution in [2.24, 2.45) is 0 Å². The Morgan fingerprint density at radius 3 is 1.89 bits per heavy atom. The Balaban J connectivity index is 4.35. The molecule has 0 bridgehead atoms. The van der Waals surface area contributed by atoms with Crippen LogP contribution in [0.5, 0.6) is 0 Å². The number of hydrogen-bond donors (Lipinski definition) is 0. The third kappa shape index (κ3) is 2.31. The average molecular weight is 130 g/mol. The lowest BCUT2D eigenvalue weighted by Crippen LogP contribution is -1.88. The quantitative estimate of drug-likeness (QED) is 0.412. The van der Waals surface area contributed by atoms with Gasteiger partial charge in [0, 0.05) is 0 Å². The molecule has 9 heavy (non-hydrogen) atoms. The summed E-state index contributed by atoms with van der Waals surface area (Å²) < 4.78 is 16.9. The minimum absolute atomic E-state index is 0.245. The number of halogens is 1. The molecule has 1 nitrogen and oxygen atoms in total. The molecule has 0 N–H and O–H groups in total. The number of hydrogen-bond acceptors (Lipinski definition) is 1. The Morgan fingerprint density at radius 1 is 1.44 bits per heavy atom. The van der Waals surface area contributed by atoms with Gasteiger partial charge >= 0.3 is 0 Å². The monoisotopic (exact) mass is 130 g/mol. The summed E-state index contributed by atoms with van der Waals surface area (Å²) in [4.78, 5) is 0. The van der Waals surface area contributed by atoms with E-state index in [9.17, 15) is 4.39 Å². The fourth-order valence-electron chi connectivity index (χ4n) is 0.586. The summed E-state index contributed by atoms with van der Waals surface area (Å²) in [5.41, 5.74) is 0.796. The smallest absolute Gasteiger partial charge is 0.157 e. The minimum atomic E-state index is -0.516. The second-order valence-electron chi connectivity index (χ2n) is 1.94. The molecule has 0 atom stereocenters. The molecule has 0 aliphatic carbocycles. The first-order valence-electron chi connectivity index (χ1n) is 2.65. The molecular weight excluding hydrogens is 119 g/mol. The van der Waals surface area contributed by atoms with Gasteiger partial charge in [-0.15, -0.1) is 0 Å². The highest BCUT2D eigenvalue weighted by atomic mass is 19.1. The maximum atomic E-state index is 12.2. The number of ether oxygens (including phenoxy) is 1. The molecule has 0 aromatic heterocycles. The van der Waals surface area contributed by atoms with E-state index in [2.05, 4.69) is 11.3 Å². The van der Waals surface area contributed by atoms with Crippen molar-refractivity contribution in [3.8, 4) is 0 Å². The SMILES string of the molecule is C=C(F)C(OC)=C(C)C. The van der Waals surface area contributed by atoms with Crippen LogP contribution in [0.4, 0.5) is 4.39 Å². The Hall–Kier alpha value is -0.790. The fourth-order valence-corrected chi connectivity index (χ4v) is 0.586. The van der Waals surface area contributed by atoms with E-state index in [-0.39, 0.29) is 5.76 Å². The van der Waals surface area contributed by atoms with Crippen molar-refractivity contribution in [2.75, 3.05) is 7.11 Å².